The summed E-state index contributed by atoms with van der Waals surface area (Å²) in [7, 11) is 0. The third-order valence-corrected chi connectivity index (χ3v) is 3.17. The van der Waals surface area contributed by atoms with Crippen LogP contribution in [0.3, 0.4) is 0 Å². The summed E-state index contributed by atoms with van der Waals surface area (Å²) in [5.41, 5.74) is 1.90. The van der Waals surface area contributed by atoms with Gasteiger partial charge in [-0.2, -0.15) is 0 Å². The van der Waals surface area contributed by atoms with Crippen molar-refractivity contribution in [1.82, 2.24) is 0 Å². The SMILES string of the molecule is Cc1cccc2oc(O)c(-c3ccccc3)c(=O)c12. The van der Waals surface area contributed by atoms with E-state index in [9.17, 15) is 9.90 Å². The Morgan fingerprint density at radius 3 is 2.47 bits per heavy atom. The first-order chi connectivity index (χ1) is 9.18. The van der Waals surface area contributed by atoms with Gasteiger partial charge in [0, 0.05) is 0 Å². The van der Waals surface area contributed by atoms with Gasteiger partial charge in [-0.1, -0.05) is 42.5 Å². The van der Waals surface area contributed by atoms with E-state index < -0.39 is 0 Å². The van der Waals surface area contributed by atoms with Gasteiger partial charge in [-0.15, -0.1) is 0 Å². The number of fused-ring (bicyclic) bond motifs is 1. The normalized spacial score (nSPS) is 10.8. The molecule has 3 rings (SSSR count). The van der Waals surface area contributed by atoms with E-state index in [0.29, 0.717) is 16.5 Å². The number of aryl methyl sites for hydroxylation is 1. The van der Waals surface area contributed by atoms with Gasteiger partial charge in [0.2, 0.25) is 5.43 Å². The fourth-order valence-corrected chi connectivity index (χ4v) is 2.25. The van der Waals surface area contributed by atoms with E-state index in [0.717, 1.165) is 5.56 Å². The molecule has 0 fully saturated rings. The first-order valence-corrected chi connectivity index (χ1v) is 5.99. The zero-order chi connectivity index (χ0) is 13.4. The van der Waals surface area contributed by atoms with E-state index >= 15 is 0 Å². The molecule has 1 N–H and O–H groups in total. The second-order valence-corrected chi connectivity index (χ2v) is 4.43. The van der Waals surface area contributed by atoms with Crippen LogP contribution in [0.2, 0.25) is 0 Å². The third kappa shape index (κ3) is 1.80. The lowest BCUT2D eigenvalue weighted by Gasteiger charge is -2.06. The van der Waals surface area contributed by atoms with Crippen LogP contribution in [0.5, 0.6) is 5.95 Å². The molecule has 3 heteroatoms. The monoisotopic (exact) mass is 252 g/mol. The summed E-state index contributed by atoms with van der Waals surface area (Å²) in [6.45, 7) is 1.85. The predicted octanol–water partition coefficient (Wildman–Crippen LogP) is 3.47. The molecule has 1 heterocycles. The van der Waals surface area contributed by atoms with Crippen LogP contribution in [0.15, 0.2) is 57.7 Å². The van der Waals surface area contributed by atoms with Gasteiger partial charge in [-0.3, -0.25) is 4.79 Å². The molecular weight excluding hydrogens is 240 g/mol. The summed E-state index contributed by atoms with van der Waals surface area (Å²) in [6, 6.07) is 14.4. The highest BCUT2D eigenvalue weighted by atomic mass is 16.5. The largest absolute Gasteiger partial charge is 0.480 e. The first kappa shape index (κ1) is 11.5. The quantitative estimate of drug-likeness (QED) is 0.721. The summed E-state index contributed by atoms with van der Waals surface area (Å²) in [5, 5.41) is 10.5. The minimum absolute atomic E-state index is 0.206. The van der Waals surface area contributed by atoms with Crippen molar-refractivity contribution in [2.45, 2.75) is 6.92 Å². The lowest BCUT2D eigenvalue weighted by molar-refractivity contribution is 0.342. The molecule has 3 nitrogen and oxygen atoms in total. The maximum Gasteiger partial charge on any atom is 0.294 e. The van der Waals surface area contributed by atoms with Crippen molar-refractivity contribution in [3.63, 3.8) is 0 Å². The van der Waals surface area contributed by atoms with Gasteiger partial charge in [0.25, 0.3) is 5.95 Å². The Morgan fingerprint density at radius 1 is 1.00 bits per heavy atom. The molecule has 0 unspecified atom stereocenters. The fourth-order valence-electron chi connectivity index (χ4n) is 2.25. The third-order valence-electron chi connectivity index (χ3n) is 3.17. The number of benzene rings is 2. The summed E-state index contributed by atoms with van der Waals surface area (Å²) in [5.74, 6) is -0.339. The average molecular weight is 252 g/mol. The van der Waals surface area contributed by atoms with Crippen LogP contribution in [-0.2, 0) is 0 Å². The lowest BCUT2D eigenvalue weighted by atomic mass is 10.0. The molecule has 0 saturated carbocycles. The Kier molecular flexibility index (Phi) is 2.60. The van der Waals surface area contributed by atoms with Crippen molar-refractivity contribution in [3.8, 4) is 17.1 Å². The maximum atomic E-state index is 12.6. The first-order valence-electron chi connectivity index (χ1n) is 5.99. The lowest BCUT2D eigenvalue weighted by Crippen LogP contribution is -2.06. The maximum absolute atomic E-state index is 12.6. The highest BCUT2D eigenvalue weighted by molar-refractivity contribution is 5.86. The molecule has 0 atom stereocenters. The van der Waals surface area contributed by atoms with Crippen LogP contribution in [0.25, 0.3) is 22.1 Å². The highest BCUT2D eigenvalue weighted by Crippen LogP contribution is 2.29. The zero-order valence-corrected chi connectivity index (χ0v) is 10.4. The smallest absolute Gasteiger partial charge is 0.294 e. The van der Waals surface area contributed by atoms with Gasteiger partial charge >= 0.3 is 0 Å². The van der Waals surface area contributed by atoms with Crippen LogP contribution in [0.1, 0.15) is 5.56 Å². The van der Waals surface area contributed by atoms with Crippen molar-refractivity contribution < 1.29 is 9.52 Å². The van der Waals surface area contributed by atoms with Crippen LogP contribution < -0.4 is 5.43 Å². The van der Waals surface area contributed by atoms with Crippen LogP contribution >= 0.6 is 0 Å². The Morgan fingerprint density at radius 2 is 1.74 bits per heavy atom. The Hall–Kier alpha value is -2.55. The molecule has 0 aliphatic carbocycles. The van der Waals surface area contributed by atoms with Crippen LogP contribution in [-0.4, -0.2) is 5.11 Å². The van der Waals surface area contributed by atoms with Gasteiger partial charge in [0.1, 0.15) is 11.1 Å². The molecule has 0 saturated heterocycles. The van der Waals surface area contributed by atoms with Gasteiger partial charge in [0.05, 0.1) is 5.39 Å². The summed E-state index contributed by atoms with van der Waals surface area (Å²) in [4.78, 5) is 12.6. The van der Waals surface area contributed by atoms with Crippen molar-refractivity contribution >= 4 is 11.0 Å². The minimum Gasteiger partial charge on any atom is -0.480 e. The van der Waals surface area contributed by atoms with E-state index in [-0.39, 0.29) is 16.9 Å². The molecule has 0 amide bonds. The summed E-state index contributed by atoms with van der Waals surface area (Å²) in [6.07, 6.45) is 0. The van der Waals surface area contributed by atoms with E-state index in [1.807, 2.05) is 31.2 Å². The number of hydrogen-bond acceptors (Lipinski definition) is 3. The van der Waals surface area contributed by atoms with Gasteiger partial charge in [-0.05, 0) is 24.1 Å². The molecule has 0 spiro atoms. The second kappa shape index (κ2) is 4.28. The second-order valence-electron chi connectivity index (χ2n) is 4.43. The molecule has 3 aromatic rings. The number of aromatic hydroxyl groups is 1. The number of hydrogen-bond donors (Lipinski definition) is 1. The van der Waals surface area contributed by atoms with Gasteiger partial charge < -0.3 is 9.52 Å². The van der Waals surface area contributed by atoms with Crippen molar-refractivity contribution in [3.05, 3.63) is 64.3 Å². The van der Waals surface area contributed by atoms with Gasteiger partial charge in [0.15, 0.2) is 0 Å². The Balaban J connectivity index is 2.45. The fraction of sp³-hybridized carbons (Fsp3) is 0.0625. The van der Waals surface area contributed by atoms with Crippen LogP contribution in [0.4, 0.5) is 0 Å². The van der Waals surface area contributed by atoms with E-state index in [1.54, 1.807) is 24.3 Å². The molecule has 19 heavy (non-hydrogen) atoms. The van der Waals surface area contributed by atoms with E-state index in [1.165, 1.54) is 0 Å². The molecule has 0 bridgehead atoms. The minimum atomic E-state index is -0.339. The standard InChI is InChI=1S/C16H12O3/c1-10-6-5-9-12-13(10)15(17)14(16(18)19-12)11-7-3-2-4-8-11/h2-9,18H,1H3. The van der Waals surface area contributed by atoms with Crippen molar-refractivity contribution in [1.29, 1.82) is 0 Å². The van der Waals surface area contributed by atoms with Crippen molar-refractivity contribution in [2.75, 3.05) is 0 Å². The molecule has 0 aliphatic rings. The summed E-state index contributed by atoms with van der Waals surface area (Å²) >= 11 is 0. The van der Waals surface area contributed by atoms with E-state index in [2.05, 4.69) is 0 Å². The van der Waals surface area contributed by atoms with Crippen LogP contribution in [0, 0.1) is 6.92 Å². The van der Waals surface area contributed by atoms with E-state index in [4.69, 9.17) is 4.42 Å². The molecule has 94 valence electrons. The zero-order valence-electron chi connectivity index (χ0n) is 10.4. The topological polar surface area (TPSA) is 50.4 Å². The molecule has 2 aromatic carbocycles. The Bertz CT molecular complexity index is 801. The average Bonchev–Trinajstić information content (AvgIpc) is 2.39. The van der Waals surface area contributed by atoms with Gasteiger partial charge in [-0.25, -0.2) is 0 Å². The summed E-state index contributed by atoms with van der Waals surface area (Å²) < 4.78 is 5.36. The molecular formula is C16H12O3. The molecule has 1 aromatic heterocycles. The predicted molar refractivity (Wildman–Crippen MR) is 74.3 cm³/mol. The molecule has 0 radical (unpaired) electrons. The molecule has 0 aliphatic heterocycles. The number of rotatable bonds is 1. The highest BCUT2D eigenvalue weighted by Gasteiger charge is 2.16. The Labute approximate surface area is 109 Å². The van der Waals surface area contributed by atoms with Crippen molar-refractivity contribution in [2.24, 2.45) is 0 Å².